The number of unbranched alkanes of at least 4 members (excludes halogenated alkanes) is 18. The van der Waals surface area contributed by atoms with Gasteiger partial charge in [0.05, 0.1) is 13.2 Å². The van der Waals surface area contributed by atoms with Crippen LogP contribution in [0.1, 0.15) is 142 Å². The fourth-order valence-corrected chi connectivity index (χ4v) is 4.03. The Bertz CT molecular complexity index is 428. The largest absolute Gasteiger partial charge is 0.487 e. The zero-order valence-electron chi connectivity index (χ0n) is 20.9. The molecule has 0 unspecified atom stereocenters. The van der Waals surface area contributed by atoms with E-state index in [0.29, 0.717) is 0 Å². The maximum atomic E-state index is 5.88. The first-order valence-corrected chi connectivity index (χ1v) is 13.7. The smallest absolute Gasteiger partial charge is 0.199 e. The molecule has 1 aromatic rings. The van der Waals surface area contributed by atoms with Crippen molar-refractivity contribution < 1.29 is 13.9 Å². The van der Waals surface area contributed by atoms with Crippen molar-refractivity contribution in [1.82, 2.24) is 0 Å². The Balaban J connectivity index is 1.91. The summed E-state index contributed by atoms with van der Waals surface area (Å²) in [4.78, 5) is 0. The van der Waals surface area contributed by atoms with E-state index in [1.54, 1.807) is 12.5 Å². The van der Waals surface area contributed by atoms with E-state index in [9.17, 15) is 0 Å². The molecule has 0 atom stereocenters. The highest BCUT2D eigenvalue weighted by molar-refractivity contribution is 5.34. The van der Waals surface area contributed by atoms with Crippen LogP contribution in [0, 0.1) is 0 Å². The normalized spacial score (nSPS) is 11.2. The average molecular weight is 437 g/mol. The van der Waals surface area contributed by atoms with Crippen molar-refractivity contribution in [1.29, 1.82) is 0 Å². The Morgan fingerprint density at radius 1 is 0.452 bits per heavy atom. The number of rotatable bonds is 24. The lowest BCUT2D eigenvalue weighted by molar-refractivity contribution is 0.260. The monoisotopic (exact) mass is 436 g/mol. The molecule has 0 aliphatic rings. The zero-order valence-corrected chi connectivity index (χ0v) is 20.9. The zero-order chi connectivity index (χ0) is 22.2. The molecule has 3 nitrogen and oxygen atoms in total. The summed E-state index contributed by atoms with van der Waals surface area (Å²) < 4.78 is 17.1. The van der Waals surface area contributed by atoms with Crippen molar-refractivity contribution in [3.8, 4) is 11.5 Å². The number of hydrogen-bond acceptors (Lipinski definition) is 3. The van der Waals surface area contributed by atoms with Gasteiger partial charge in [0.1, 0.15) is 12.5 Å². The SMILES string of the molecule is CCCCCCCCCCCCOc1cocc1OCCCCCCCCCCCC. The first-order valence-electron chi connectivity index (χ1n) is 13.7. The van der Waals surface area contributed by atoms with Gasteiger partial charge in [0.2, 0.25) is 0 Å². The summed E-state index contributed by atoms with van der Waals surface area (Å²) in [5.74, 6) is 1.53. The summed E-state index contributed by atoms with van der Waals surface area (Å²) in [6, 6.07) is 0. The second kappa shape index (κ2) is 22.1. The van der Waals surface area contributed by atoms with Gasteiger partial charge in [-0.1, -0.05) is 129 Å². The lowest BCUT2D eigenvalue weighted by Crippen LogP contribution is -2.01. The van der Waals surface area contributed by atoms with Gasteiger partial charge in [-0.3, -0.25) is 0 Å². The summed E-state index contributed by atoms with van der Waals surface area (Å²) in [6.07, 6.45) is 30.2. The molecule has 0 aliphatic carbocycles. The van der Waals surface area contributed by atoms with E-state index in [1.807, 2.05) is 0 Å². The standard InChI is InChI=1S/C28H52O3/c1-3-5-7-9-11-13-15-17-19-21-23-30-27-25-29-26-28(27)31-24-22-20-18-16-14-12-10-8-6-4-2/h25-26H,3-24H2,1-2H3. The van der Waals surface area contributed by atoms with E-state index in [4.69, 9.17) is 13.9 Å². The predicted octanol–water partition coefficient (Wildman–Crippen LogP) is 9.88. The Kier molecular flexibility index (Phi) is 19.9. The third-order valence-corrected chi connectivity index (χ3v) is 6.10. The highest BCUT2D eigenvalue weighted by atomic mass is 16.5. The van der Waals surface area contributed by atoms with Gasteiger partial charge in [-0.15, -0.1) is 0 Å². The molecule has 0 fully saturated rings. The van der Waals surface area contributed by atoms with Crippen molar-refractivity contribution in [3.63, 3.8) is 0 Å². The highest BCUT2D eigenvalue weighted by Gasteiger charge is 2.08. The van der Waals surface area contributed by atoms with Crippen LogP contribution in [-0.4, -0.2) is 13.2 Å². The molecule has 0 aromatic carbocycles. The summed E-state index contributed by atoms with van der Waals surface area (Å²) in [6.45, 7) is 6.06. The second-order valence-corrected chi connectivity index (χ2v) is 9.16. The molecule has 1 rings (SSSR count). The van der Waals surface area contributed by atoms with E-state index in [2.05, 4.69) is 13.8 Å². The second-order valence-electron chi connectivity index (χ2n) is 9.16. The quantitative estimate of drug-likeness (QED) is 0.151. The molecule has 31 heavy (non-hydrogen) atoms. The molecule has 0 bridgehead atoms. The maximum Gasteiger partial charge on any atom is 0.199 e. The third-order valence-electron chi connectivity index (χ3n) is 6.10. The number of ether oxygens (including phenoxy) is 2. The fourth-order valence-electron chi connectivity index (χ4n) is 4.03. The Morgan fingerprint density at radius 3 is 1.06 bits per heavy atom. The van der Waals surface area contributed by atoms with Crippen LogP contribution in [0.25, 0.3) is 0 Å². The Labute approximate surface area is 193 Å². The van der Waals surface area contributed by atoms with Crippen LogP contribution in [-0.2, 0) is 0 Å². The molecule has 182 valence electrons. The fraction of sp³-hybridized carbons (Fsp3) is 0.857. The van der Waals surface area contributed by atoms with Gasteiger partial charge in [-0.2, -0.15) is 0 Å². The first-order chi connectivity index (χ1) is 15.4. The lowest BCUT2D eigenvalue weighted by atomic mass is 10.1. The maximum absolute atomic E-state index is 5.88. The van der Waals surface area contributed by atoms with Crippen LogP contribution in [0.3, 0.4) is 0 Å². The van der Waals surface area contributed by atoms with Crippen molar-refractivity contribution in [2.24, 2.45) is 0 Å². The van der Waals surface area contributed by atoms with E-state index >= 15 is 0 Å². The molecule has 0 aliphatic heterocycles. The molecule has 0 N–H and O–H groups in total. The lowest BCUT2D eigenvalue weighted by Gasteiger charge is -2.08. The topological polar surface area (TPSA) is 31.6 Å². The van der Waals surface area contributed by atoms with Crippen LogP contribution in [0.2, 0.25) is 0 Å². The van der Waals surface area contributed by atoms with E-state index in [0.717, 1.165) is 37.6 Å². The Morgan fingerprint density at radius 2 is 0.742 bits per heavy atom. The molecule has 0 spiro atoms. The van der Waals surface area contributed by atoms with Crippen molar-refractivity contribution in [3.05, 3.63) is 12.5 Å². The van der Waals surface area contributed by atoms with Crippen LogP contribution in [0.15, 0.2) is 16.9 Å². The molecular weight excluding hydrogens is 384 g/mol. The van der Waals surface area contributed by atoms with Crippen LogP contribution in [0.4, 0.5) is 0 Å². The van der Waals surface area contributed by atoms with Crippen LogP contribution in [0.5, 0.6) is 11.5 Å². The van der Waals surface area contributed by atoms with Gasteiger partial charge in [0.15, 0.2) is 11.5 Å². The van der Waals surface area contributed by atoms with Crippen molar-refractivity contribution >= 4 is 0 Å². The molecule has 0 saturated heterocycles. The molecule has 1 aromatic heterocycles. The van der Waals surface area contributed by atoms with Crippen LogP contribution < -0.4 is 9.47 Å². The third kappa shape index (κ3) is 17.2. The van der Waals surface area contributed by atoms with E-state index in [1.165, 1.54) is 116 Å². The summed E-state index contributed by atoms with van der Waals surface area (Å²) in [5, 5.41) is 0. The molecule has 1 heterocycles. The van der Waals surface area contributed by atoms with Gasteiger partial charge in [-0.05, 0) is 12.8 Å². The van der Waals surface area contributed by atoms with Gasteiger partial charge in [0.25, 0.3) is 0 Å². The van der Waals surface area contributed by atoms with Gasteiger partial charge < -0.3 is 13.9 Å². The summed E-state index contributed by atoms with van der Waals surface area (Å²) in [5.41, 5.74) is 0. The van der Waals surface area contributed by atoms with Gasteiger partial charge >= 0.3 is 0 Å². The van der Waals surface area contributed by atoms with Gasteiger partial charge in [-0.25, -0.2) is 0 Å². The molecule has 0 radical (unpaired) electrons. The summed E-state index contributed by atoms with van der Waals surface area (Å²) in [7, 11) is 0. The molecular formula is C28H52O3. The minimum absolute atomic E-state index is 0.755. The molecule has 0 saturated carbocycles. The highest BCUT2D eigenvalue weighted by Crippen LogP contribution is 2.28. The van der Waals surface area contributed by atoms with Crippen LogP contribution >= 0.6 is 0 Å². The van der Waals surface area contributed by atoms with Crippen molar-refractivity contribution in [2.75, 3.05) is 13.2 Å². The number of furan rings is 1. The summed E-state index contributed by atoms with van der Waals surface area (Å²) >= 11 is 0. The average Bonchev–Trinajstić information content (AvgIpc) is 3.23. The number of hydrogen-bond donors (Lipinski definition) is 0. The van der Waals surface area contributed by atoms with Gasteiger partial charge in [0, 0.05) is 0 Å². The minimum Gasteiger partial charge on any atom is -0.487 e. The van der Waals surface area contributed by atoms with E-state index < -0.39 is 0 Å². The first kappa shape index (κ1) is 27.9. The molecule has 3 heteroatoms. The minimum atomic E-state index is 0.755. The predicted molar refractivity (Wildman–Crippen MR) is 133 cm³/mol. The molecule has 0 amide bonds. The van der Waals surface area contributed by atoms with Crippen molar-refractivity contribution in [2.45, 2.75) is 142 Å². The van der Waals surface area contributed by atoms with E-state index in [-0.39, 0.29) is 0 Å². The Hall–Kier alpha value is -1.12.